The second-order valence-corrected chi connectivity index (χ2v) is 9.21. The Morgan fingerprint density at radius 1 is 1.06 bits per heavy atom. The highest BCUT2D eigenvalue weighted by molar-refractivity contribution is 7.89. The molecule has 3 N–H and O–H groups in total. The Bertz CT molecular complexity index is 1260. The zero-order valence-corrected chi connectivity index (χ0v) is 18.1. The summed E-state index contributed by atoms with van der Waals surface area (Å²) in [6.07, 6.45) is 4.82. The van der Waals surface area contributed by atoms with E-state index in [4.69, 9.17) is 23.2 Å². The molecule has 0 saturated heterocycles. The van der Waals surface area contributed by atoms with Crippen molar-refractivity contribution >= 4 is 50.6 Å². The maximum Gasteiger partial charge on any atom is 0.323 e. The number of fused-ring (bicyclic) bond motifs is 1. The molecule has 0 atom stereocenters. The summed E-state index contributed by atoms with van der Waals surface area (Å²) in [7, 11) is -4.17. The fourth-order valence-electron chi connectivity index (χ4n) is 3.13. The van der Waals surface area contributed by atoms with Gasteiger partial charge in [-0.1, -0.05) is 23.2 Å². The number of halogens is 2. The summed E-state index contributed by atoms with van der Waals surface area (Å²) in [5, 5.41) is 15.4. The van der Waals surface area contributed by atoms with Crippen molar-refractivity contribution in [2.45, 2.75) is 18.0 Å². The normalized spacial score (nSPS) is 14.1. The number of anilines is 2. The van der Waals surface area contributed by atoms with Crippen molar-refractivity contribution < 1.29 is 18.3 Å². The molecule has 31 heavy (non-hydrogen) atoms. The average molecular weight is 483 g/mol. The minimum absolute atomic E-state index is 0.0305. The minimum Gasteiger partial charge on any atom is -0.504 e. The molecule has 0 bridgehead atoms. The topological polar surface area (TPSA) is 129 Å². The van der Waals surface area contributed by atoms with E-state index in [9.17, 15) is 18.3 Å². The summed E-state index contributed by atoms with van der Waals surface area (Å²) >= 11 is 12.0. The van der Waals surface area contributed by atoms with Crippen LogP contribution in [0.15, 0.2) is 47.8 Å². The summed E-state index contributed by atoms with van der Waals surface area (Å²) < 4.78 is 29.5. The van der Waals surface area contributed by atoms with Gasteiger partial charge in [0, 0.05) is 31.7 Å². The highest BCUT2D eigenvalue weighted by Crippen LogP contribution is 2.39. The lowest BCUT2D eigenvalue weighted by Gasteiger charge is -2.27. The van der Waals surface area contributed by atoms with E-state index in [0.29, 0.717) is 12.4 Å². The molecule has 0 saturated carbocycles. The van der Waals surface area contributed by atoms with Gasteiger partial charge in [-0.25, -0.2) is 23.2 Å². The Morgan fingerprint density at radius 3 is 2.61 bits per heavy atom. The number of imidazole rings is 1. The second kappa shape index (κ2) is 8.35. The highest BCUT2D eigenvalue weighted by Gasteiger charge is 2.34. The predicted molar refractivity (Wildman–Crippen MR) is 115 cm³/mol. The molecular formula is C18H16Cl2N6O4S. The summed E-state index contributed by atoms with van der Waals surface area (Å²) in [4.78, 5) is 19.8. The smallest absolute Gasteiger partial charge is 0.323 e. The van der Waals surface area contributed by atoms with Gasteiger partial charge in [-0.2, -0.15) is 4.31 Å². The van der Waals surface area contributed by atoms with Crippen LogP contribution < -0.4 is 10.6 Å². The van der Waals surface area contributed by atoms with Gasteiger partial charge in [0.25, 0.3) is 0 Å². The lowest BCUT2D eigenvalue weighted by Crippen LogP contribution is -2.38. The third-order valence-electron chi connectivity index (χ3n) is 4.65. The number of carbonyl (C=O) groups excluding carboxylic acids is 1. The number of amides is 2. The quantitative estimate of drug-likeness (QED) is 0.386. The summed E-state index contributed by atoms with van der Waals surface area (Å²) in [5.41, 5.74) is 0.103. The largest absolute Gasteiger partial charge is 0.504 e. The van der Waals surface area contributed by atoms with E-state index in [1.54, 1.807) is 18.5 Å². The van der Waals surface area contributed by atoms with Gasteiger partial charge in [0.05, 0.1) is 22.9 Å². The molecule has 4 rings (SSSR count). The first-order chi connectivity index (χ1) is 14.8. The molecule has 3 heterocycles. The third kappa shape index (κ3) is 4.17. The van der Waals surface area contributed by atoms with Crippen molar-refractivity contribution in [2.75, 3.05) is 17.2 Å². The molecule has 3 aromatic rings. The van der Waals surface area contributed by atoms with E-state index in [1.165, 1.54) is 28.7 Å². The molecule has 0 aliphatic carbocycles. The van der Waals surface area contributed by atoms with E-state index in [2.05, 4.69) is 20.6 Å². The van der Waals surface area contributed by atoms with Gasteiger partial charge < -0.3 is 20.3 Å². The maximum atomic E-state index is 13.2. The number of aromatic hydroxyl groups is 1. The van der Waals surface area contributed by atoms with Crippen LogP contribution >= 0.6 is 23.2 Å². The Hall–Kier alpha value is -2.86. The monoisotopic (exact) mass is 482 g/mol. The second-order valence-electron chi connectivity index (χ2n) is 6.57. The van der Waals surface area contributed by atoms with Crippen molar-refractivity contribution in [3.05, 3.63) is 58.9 Å². The lowest BCUT2D eigenvalue weighted by atomic mass is 10.3. The molecule has 2 amide bonds. The van der Waals surface area contributed by atoms with Crippen LogP contribution in [0.4, 0.5) is 16.2 Å². The lowest BCUT2D eigenvalue weighted by molar-refractivity contribution is 0.262. The van der Waals surface area contributed by atoms with Crippen LogP contribution in [-0.4, -0.2) is 44.9 Å². The number of benzene rings is 1. The van der Waals surface area contributed by atoms with Crippen molar-refractivity contribution in [1.82, 2.24) is 18.8 Å². The van der Waals surface area contributed by atoms with Crippen LogP contribution in [0, 0.1) is 0 Å². The molecule has 13 heteroatoms. The number of nitrogens with zero attached hydrogens (tertiary/aromatic N) is 4. The number of carbonyl (C=O) groups is 1. The van der Waals surface area contributed by atoms with Crippen LogP contribution in [0.3, 0.4) is 0 Å². The van der Waals surface area contributed by atoms with E-state index < -0.39 is 26.7 Å². The van der Waals surface area contributed by atoms with E-state index in [0.717, 1.165) is 0 Å². The molecule has 1 aliphatic rings. The first-order valence-corrected chi connectivity index (χ1v) is 11.2. The van der Waals surface area contributed by atoms with Crippen LogP contribution in [-0.2, 0) is 23.1 Å². The number of hydrogen-bond donors (Lipinski definition) is 3. The van der Waals surface area contributed by atoms with Gasteiger partial charge in [-0.15, -0.1) is 0 Å². The molecule has 0 spiro atoms. The number of sulfonamides is 1. The zero-order valence-electron chi connectivity index (χ0n) is 15.8. The van der Waals surface area contributed by atoms with Gasteiger partial charge in [0.2, 0.25) is 10.0 Å². The standard InChI is InChI=1S/C18H16Cl2N6O4S/c19-11-3-4-12(23-18(28)24-13-2-1-5-22-17(13)20)15(27)16(11)31(29,30)26-9-8-25-7-6-21-14(25)10-26/h1-7,27H,8-10H2,(H2,23,24,28). The molecule has 0 radical (unpaired) electrons. The summed E-state index contributed by atoms with van der Waals surface area (Å²) in [6.45, 7) is 0.626. The molecule has 10 nitrogen and oxygen atoms in total. The van der Waals surface area contributed by atoms with Gasteiger partial charge in [-0.3, -0.25) is 0 Å². The Kier molecular flexibility index (Phi) is 5.75. The molecule has 162 valence electrons. The van der Waals surface area contributed by atoms with Gasteiger partial charge in [-0.05, 0) is 24.3 Å². The van der Waals surface area contributed by atoms with Crippen molar-refractivity contribution in [3.8, 4) is 5.75 Å². The molecule has 2 aromatic heterocycles. The van der Waals surface area contributed by atoms with Crippen LogP contribution in [0.5, 0.6) is 5.75 Å². The minimum atomic E-state index is -4.17. The summed E-state index contributed by atoms with van der Waals surface area (Å²) in [5.74, 6) is -0.0960. The number of phenols is 1. The van der Waals surface area contributed by atoms with Crippen LogP contribution in [0.2, 0.25) is 10.2 Å². The van der Waals surface area contributed by atoms with Crippen molar-refractivity contribution in [2.24, 2.45) is 0 Å². The van der Waals surface area contributed by atoms with E-state index >= 15 is 0 Å². The number of pyridine rings is 1. The van der Waals surface area contributed by atoms with Gasteiger partial charge in [0.15, 0.2) is 10.9 Å². The fraction of sp³-hybridized carbons (Fsp3) is 0.167. The fourth-order valence-corrected chi connectivity index (χ4v) is 5.28. The van der Waals surface area contributed by atoms with Crippen LogP contribution in [0.1, 0.15) is 5.82 Å². The molecule has 0 fully saturated rings. The SMILES string of the molecule is O=C(Nc1cccnc1Cl)Nc1ccc(Cl)c(S(=O)(=O)N2CCn3ccnc3C2)c1O. The first kappa shape index (κ1) is 21.4. The van der Waals surface area contributed by atoms with Crippen molar-refractivity contribution in [1.29, 1.82) is 0 Å². The van der Waals surface area contributed by atoms with Crippen LogP contribution in [0.25, 0.3) is 0 Å². The van der Waals surface area contributed by atoms with Gasteiger partial charge >= 0.3 is 6.03 Å². The Labute approximate surface area is 187 Å². The average Bonchev–Trinajstić information content (AvgIpc) is 3.20. The third-order valence-corrected chi connectivity index (χ3v) is 7.30. The number of urea groups is 1. The maximum absolute atomic E-state index is 13.2. The highest BCUT2D eigenvalue weighted by atomic mass is 35.5. The number of rotatable bonds is 4. The summed E-state index contributed by atoms with van der Waals surface area (Å²) in [6, 6.07) is 4.94. The number of phenolic OH excluding ortho intramolecular Hbond substituents is 1. The predicted octanol–water partition coefficient (Wildman–Crippen LogP) is 3.14. The number of nitrogens with one attached hydrogen (secondary N) is 2. The van der Waals surface area contributed by atoms with Gasteiger partial charge in [0.1, 0.15) is 10.7 Å². The first-order valence-electron chi connectivity index (χ1n) is 8.97. The number of hydrogen-bond acceptors (Lipinski definition) is 6. The molecule has 0 unspecified atom stereocenters. The Morgan fingerprint density at radius 2 is 1.84 bits per heavy atom. The van der Waals surface area contributed by atoms with E-state index in [1.807, 2.05) is 4.57 Å². The van der Waals surface area contributed by atoms with Crippen molar-refractivity contribution in [3.63, 3.8) is 0 Å². The number of aromatic nitrogens is 3. The molecular weight excluding hydrogens is 467 g/mol. The zero-order chi connectivity index (χ0) is 22.2. The Balaban J connectivity index is 1.60. The van der Waals surface area contributed by atoms with E-state index in [-0.39, 0.29) is 34.6 Å². The molecule has 1 aliphatic heterocycles. The molecule has 1 aromatic carbocycles.